The molecule has 92 valence electrons. The fraction of sp³-hybridized carbons (Fsp3) is 0. The van der Waals surface area contributed by atoms with Crippen LogP contribution in [0.15, 0.2) is 40.5 Å². The highest BCUT2D eigenvalue weighted by atomic mass is 32.2. The van der Waals surface area contributed by atoms with Gasteiger partial charge in [-0.05, 0) is 18.2 Å². The maximum absolute atomic E-state index is 11.2. The van der Waals surface area contributed by atoms with Crippen LogP contribution in [0.25, 0.3) is 0 Å². The molecule has 1 aromatic carbocycles. The van der Waals surface area contributed by atoms with Gasteiger partial charge in [0.1, 0.15) is 5.03 Å². The van der Waals surface area contributed by atoms with Gasteiger partial charge in [0, 0.05) is 17.3 Å². The van der Waals surface area contributed by atoms with Gasteiger partial charge >= 0.3 is 7.60 Å². The smallest absolute Gasteiger partial charge is 0.337 e. The van der Waals surface area contributed by atoms with Gasteiger partial charge in [-0.2, -0.15) is 0 Å². The second-order valence-corrected chi connectivity index (χ2v) is 6.30. The number of anilines is 2. The van der Waals surface area contributed by atoms with Crippen molar-refractivity contribution in [3.05, 3.63) is 30.6 Å². The number of nitrogens with one attached hydrogen (secondary N) is 1. The first-order valence-corrected chi connectivity index (χ1v) is 7.43. The van der Waals surface area contributed by atoms with Crippen molar-refractivity contribution in [2.45, 2.75) is 9.92 Å². The van der Waals surface area contributed by atoms with Crippen molar-refractivity contribution in [3.63, 3.8) is 0 Å². The van der Waals surface area contributed by atoms with Gasteiger partial charge in [0.25, 0.3) is 0 Å². The molecule has 0 aliphatic carbocycles. The Kier molecular flexibility index (Phi) is 2.64. The van der Waals surface area contributed by atoms with E-state index >= 15 is 0 Å². The third kappa shape index (κ3) is 2.02. The van der Waals surface area contributed by atoms with Gasteiger partial charge in [-0.15, -0.1) is 0 Å². The van der Waals surface area contributed by atoms with Crippen LogP contribution in [0.2, 0.25) is 0 Å². The van der Waals surface area contributed by atoms with Crippen molar-refractivity contribution in [2.75, 3.05) is 5.32 Å². The predicted molar refractivity (Wildman–Crippen MR) is 67.6 cm³/mol. The summed E-state index contributed by atoms with van der Waals surface area (Å²) < 4.78 is 11.2. The van der Waals surface area contributed by atoms with E-state index in [9.17, 15) is 4.57 Å². The molecule has 6 nitrogen and oxygen atoms in total. The van der Waals surface area contributed by atoms with Gasteiger partial charge < -0.3 is 15.1 Å². The van der Waals surface area contributed by atoms with Crippen molar-refractivity contribution >= 4 is 36.2 Å². The maximum Gasteiger partial charge on any atom is 0.356 e. The summed E-state index contributed by atoms with van der Waals surface area (Å²) in [6.45, 7) is 0. The summed E-state index contributed by atoms with van der Waals surface area (Å²) >= 11 is 1.41. The minimum atomic E-state index is -4.23. The van der Waals surface area contributed by atoms with E-state index in [0.717, 1.165) is 9.92 Å². The van der Waals surface area contributed by atoms with Gasteiger partial charge in [0.05, 0.1) is 11.0 Å². The molecule has 0 amide bonds. The molecule has 1 aliphatic rings. The lowest BCUT2D eigenvalue weighted by Crippen LogP contribution is -2.09. The molecule has 0 saturated heterocycles. The average molecular weight is 281 g/mol. The third-order valence-electron chi connectivity index (χ3n) is 2.42. The van der Waals surface area contributed by atoms with Crippen molar-refractivity contribution in [2.24, 2.45) is 0 Å². The molecular weight excluding hydrogens is 273 g/mol. The Balaban J connectivity index is 2.06. The lowest BCUT2D eigenvalue weighted by molar-refractivity contribution is 0.387. The molecule has 1 aliphatic heterocycles. The van der Waals surface area contributed by atoms with Crippen LogP contribution in [-0.2, 0) is 4.57 Å². The molecule has 0 saturated carbocycles. The summed E-state index contributed by atoms with van der Waals surface area (Å²) in [6.07, 6.45) is 3.16. The minimum Gasteiger partial charge on any atom is -0.337 e. The van der Waals surface area contributed by atoms with E-state index in [1.54, 1.807) is 18.5 Å². The van der Waals surface area contributed by atoms with Gasteiger partial charge in [0.2, 0.25) is 0 Å². The molecule has 3 N–H and O–H groups in total. The maximum atomic E-state index is 11.2. The second-order valence-electron chi connectivity index (χ2n) is 3.66. The van der Waals surface area contributed by atoms with Gasteiger partial charge in [-0.3, -0.25) is 4.57 Å². The highest BCUT2D eigenvalue weighted by molar-refractivity contribution is 7.99. The van der Waals surface area contributed by atoms with Gasteiger partial charge in [0.15, 0.2) is 5.82 Å². The van der Waals surface area contributed by atoms with Crippen molar-refractivity contribution < 1.29 is 14.4 Å². The number of hydrogen-bond donors (Lipinski definition) is 3. The summed E-state index contributed by atoms with van der Waals surface area (Å²) in [5, 5.41) is 3.75. The summed E-state index contributed by atoms with van der Waals surface area (Å²) in [5.41, 5.74) is 0.633. The zero-order valence-corrected chi connectivity index (χ0v) is 10.7. The molecule has 2 heterocycles. The quantitative estimate of drug-likeness (QED) is 0.581. The van der Waals surface area contributed by atoms with Crippen LogP contribution in [0.4, 0.5) is 11.5 Å². The lowest BCUT2D eigenvalue weighted by Gasteiger charge is -2.19. The molecule has 0 atom stereocenters. The summed E-state index contributed by atoms with van der Waals surface area (Å²) in [7, 11) is -4.23. The topological polar surface area (TPSA) is 95.3 Å². The van der Waals surface area contributed by atoms with E-state index in [-0.39, 0.29) is 5.30 Å². The first-order chi connectivity index (χ1) is 8.54. The van der Waals surface area contributed by atoms with Crippen LogP contribution in [-0.4, -0.2) is 19.8 Å². The van der Waals surface area contributed by atoms with E-state index in [1.165, 1.54) is 23.9 Å². The summed E-state index contributed by atoms with van der Waals surface area (Å²) in [5.74, 6) is 0.595. The molecule has 0 unspecified atom stereocenters. The number of benzene rings is 1. The number of fused-ring (bicyclic) bond motifs is 2. The zero-order chi connectivity index (χ0) is 12.8. The summed E-state index contributed by atoms with van der Waals surface area (Å²) in [4.78, 5) is 27.4. The number of rotatable bonds is 1. The monoisotopic (exact) mass is 281 g/mol. The Hall–Kier alpha value is -1.40. The second kappa shape index (κ2) is 4.07. The van der Waals surface area contributed by atoms with Crippen molar-refractivity contribution in [1.29, 1.82) is 0 Å². The van der Waals surface area contributed by atoms with Crippen LogP contribution < -0.4 is 10.6 Å². The van der Waals surface area contributed by atoms with Crippen LogP contribution in [0.1, 0.15) is 0 Å². The van der Waals surface area contributed by atoms with Crippen molar-refractivity contribution in [1.82, 2.24) is 9.97 Å². The highest BCUT2D eigenvalue weighted by Crippen LogP contribution is 2.43. The SMILES string of the molecule is O=P(O)(O)c1ccc2c(c1)Nc1nccnc1S2. The van der Waals surface area contributed by atoms with E-state index in [2.05, 4.69) is 15.3 Å². The fourth-order valence-corrected chi connectivity index (χ4v) is 3.05. The molecule has 0 fully saturated rings. The summed E-state index contributed by atoms with van der Waals surface area (Å²) in [6, 6.07) is 4.54. The van der Waals surface area contributed by atoms with Gasteiger partial charge in [-0.25, -0.2) is 9.97 Å². The number of aromatic nitrogens is 2. The first kappa shape index (κ1) is 11.7. The molecule has 0 spiro atoms. The highest BCUT2D eigenvalue weighted by Gasteiger charge is 2.22. The Labute approximate surface area is 107 Å². The average Bonchev–Trinajstić information content (AvgIpc) is 2.34. The largest absolute Gasteiger partial charge is 0.356 e. The molecule has 18 heavy (non-hydrogen) atoms. The molecule has 3 rings (SSSR count). The van der Waals surface area contributed by atoms with E-state index in [4.69, 9.17) is 9.79 Å². The van der Waals surface area contributed by atoms with E-state index in [1.807, 2.05) is 0 Å². The number of hydrogen-bond acceptors (Lipinski definition) is 5. The molecule has 0 bridgehead atoms. The minimum absolute atomic E-state index is 0.0123. The van der Waals surface area contributed by atoms with Crippen LogP contribution in [0, 0.1) is 0 Å². The fourth-order valence-electron chi connectivity index (χ4n) is 1.60. The molecule has 8 heteroatoms. The standard InChI is InChI=1S/C10H8N3O3PS/c14-17(15,16)6-1-2-8-7(5-6)13-9-10(18-8)12-4-3-11-9/h1-5H,(H,11,13)(H2,14,15,16). The zero-order valence-electron chi connectivity index (χ0n) is 8.94. The normalized spacial score (nSPS) is 13.4. The third-order valence-corrected chi connectivity index (χ3v) is 4.44. The first-order valence-electron chi connectivity index (χ1n) is 5.00. The molecule has 0 radical (unpaired) electrons. The van der Waals surface area contributed by atoms with Gasteiger partial charge in [-0.1, -0.05) is 11.8 Å². The molecule has 2 aromatic rings. The number of nitrogens with zero attached hydrogens (tertiary/aromatic N) is 2. The Bertz CT molecular complexity index is 673. The Morgan fingerprint density at radius 1 is 1.22 bits per heavy atom. The Morgan fingerprint density at radius 2 is 2.00 bits per heavy atom. The van der Waals surface area contributed by atoms with Crippen LogP contribution in [0.3, 0.4) is 0 Å². The van der Waals surface area contributed by atoms with E-state index < -0.39 is 7.60 Å². The van der Waals surface area contributed by atoms with Crippen molar-refractivity contribution in [3.8, 4) is 0 Å². The molecular formula is C10H8N3O3PS. The lowest BCUT2D eigenvalue weighted by atomic mass is 10.3. The Morgan fingerprint density at radius 3 is 2.78 bits per heavy atom. The van der Waals surface area contributed by atoms with Crippen LogP contribution in [0.5, 0.6) is 0 Å². The predicted octanol–water partition coefficient (Wildman–Crippen LogP) is 1.49. The van der Waals surface area contributed by atoms with E-state index in [0.29, 0.717) is 11.5 Å². The molecule has 1 aromatic heterocycles. The van der Waals surface area contributed by atoms with Crippen LogP contribution >= 0.6 is 19.4 Å².